The summed E-state index contributed by atoms with van der Waals surface area (Å²) in [6.45, 7) is 1.79. The highest BCUT2D eigenvalue weighted by atomic mass is 35.5. The van der Waals surface area contributed by atoms with Gasteiger partial charge in [0.25, 0.3) is 0 Å². The number of pyridine rings is 1. The molecule has 2 heterocycles. The Bertz CT molecular complexity index is 986. The second kappa shape index (κ2) is 6.29. The topological polar surface area (TPSA) is 89.5 Å². The van der Waals surface area contributed by atoms with E-state index in [0.29, 0.717) is 10.7 Å². The van der Waals surface area contributed by atoms with E-state index in [9.17, 15) is 14.9 Å². The molecule has 0 bridgehead atoms. The van der Waals surface area contributed by atoms with E-state index in [1.54, 1.807) is 43.3 Å². The molecule has 122 valence electrons. The molecule has 0 aliphatic heterocycles. The first kappa shape index (κ1) is 15.9. The van der Waals surface area contributed by atoms with Crippen molar-refractivity contribution < 1.29 is 4.92 Å². The van der Waals surface area contributed by atoms with Gasteiger partial charge >= 0.3 is 11.2 Å². The maximum atomic E-state index is 12.4. The van der Waals surface area contributed by atoms with Crippen molar-refractivity contribution in [1.82, 2.24) is 9.38 Å². The van der Waals surface area contributed by atoms with Crippen molar-refractivity contribution in [1.29, 1.82) is 0 Å². The fourth-order valence-electron chi connectivity index (χ4n) is 2.45. The van der Waals surface area contributed by atoms with Crippen molar-refractivity contribution in [2.24, 2.45) is 0 Å². The van der Waals surface area contributed by atoms with Gasteiger partial charge in [0.2, 0.25) is 5.82 Å². The van der Waals surface area contributed by atoms with Crippen LogP contribution in [-0.2, 0) is 0 Å². The van der Waals surface area contributed by atoms with Crippen LogP contribution < -0.4 is 10.9 Å². The lowest BCUT2D eigenvalue weighted by Crippen LogP contribution is -2.22. The minimum Gasteiger partial charge on any atom is -0.358 e. The lowest BCUT2D eigenvalue weighted by atomic mass is 10.1. The van der Waals surface area contributed by atoms with E-state index in [0.717, 1.165) is 9.96 Å². The monoisotopic (exact) mass is 344 g/mol. The second-order valence-corrected chi connectivity index (χ2v) is 5.59. The number of benzene rings is 1. The van der Waals surface area contributed by atoms with Crippen LogP contribution in [0.15, 0.2) is 53.5 Å². The van der Waals surface area contributed by atoms with Crippen LogP contribution in [0.25, 0.3) is 5.65 Å². The van der Waals surface area contributed by atoms with E-state index < -0.39 is 16.2 Å². The lowest BCUT2D eigenvalue weighted by Gasteiger charge is -2.16. The SMILES string of the molecule is CC(Nc1nc2ccccn2c(=O)c1[N+](=O)[O-])c1ccccc1Cl. The minimum absolute atomic E-state index is 0.0800. The smallest absolute Gasteiger partial charge is 0.358 e. The van der Waals surface area contributed by atoms with E-state index in [1.165, 1.54) is 6.20 Å². The molecule has 0 spiro atoms. The van der Waals surface area contributed by atoms with Gasteiger partial charge in [-0.05, 0) is 30.7 Å². The van der Waals surface area contributed by atoms with Gasteiger partial charge in [-0.2, -0.15) is 0 Å². The van der Waals surface area contributed by atoms with Crippen LogP contribution in [0, 0.1) is 10.1 Å². The Morgan fingerprint density at radius 1 is 1.25 bits per heavy atom. The third-order valence-corrected chi connectivity index (χ3v) is 3.96. The number of nitrogens with zero attached hydrogens (tertiary/aromatic N) is 3. The molecule has 1 N–H and O–H groups in total. The molecule has 8 heteroatoms. The average molecular weight is 345 g/mol. The molecule has 0 saturated heterocycles. The van der Waals surface area contributed by atoms with Crippen molar-refractivity contribution in [3.63, 3.8) is 0 Å². The van der Waals surface area contributed by atoms with Crippen molar-refractivity contribution in [2.75, 3.05) is 5.32 Å². The van der Waals surface area contributed by atoms with Gasteiger partial charge in [-0.1, -0.05) is 35.9 Å². The summed E-state index contributed by atoms with van der Waals surface area (Å²) in [7, 11) is 0. The van der Waals surface area contributed by atoms with E-state index >= 15 is 0 Å². The molecule has 1 unspecified atom stereocenters. The normalized spacial score (nSPS) is 12.1. The highest BCUT2D eigenvalue weighted by Crippen LogP contribution is 2.27. The van der Waals surface area contributed by atoms with Crippen LogP contribution in [0.1, 0.15) is 18.5 Å². The Labute approximate surface area is 141 Å². The standard InChI is InChI=1S/C16H13ClN4O3/c1-10(11-6-2-3-7-12(11)17)18-15-14(21(23)24)16(22)20-9-5-4-8-13(20)19-15/h2-10,18H,1H3. The molecule has 1 aromatic carbocycles. The van der Waals surface area contributed by atoms with Gasteiger partial charge in [-0.25, -0.2) is 4.98 Å². The van der Waals surface area contributed by atoms with Gasteiger partial charge in [-0.15, -0.1) is 0 Å². The first-order valence-electron chi connectivity index (χ1n) is 7.16. The summed E-state index contributed by atoms with van der Waals surface area (Å²) in [5, 5.41) is 14.8. The van der Waals surface area contributed by atoms with Crippen LogP contribution in [0.4, 0.5) is 11.5 Å². The zero-order valence-corrected chi connectivity index (χ0v) is 13.4. The van der Waals surface area contributed by atoms with Gasteiger partial charge in [0.05, 0.1) is 11.0 Å². The molecule has 24 heavy (non-hydrogen) atoms. The molecule has 0 radical (unpaired) electrons. The average Bonchev–Trinajstić information content (AvgIpc) is 2.55. The van der Waals surface area contributed by atoms with E-state index in [1.807, 2.05) is 6.07 Å². The molecular formula is C16H13ClN4O3. The molecular weight excluding hydrogens is 332 g/mol. The predicted molar refractivity (Wildman–Crippen MR) is 91.6 cm³/mol. The molecule has 3 rings (SSSR count). The van der Waals surface area contributed by atoms with Crippen LogP contribution in [0.3, 0.4) is 0 Å². The first-order valence-corrected chi connectivity index (χ1v) is 7.53. The highest BCUT2D eigenvalue weighted by molar-refractivity contribution is 6.31. The number of nitrogens with one attached hydrogen (secondary N) is 1. The van der Waals surface area contributed by atoms with Crippen molar-refractivity contribution >= 4 is 28.8 Å². The molecule has 3 aromatic rings. The molecule has 0 saturated carbocycles. The largest absolute Gasteiger partial charge is 0.376 e. The number of nitro groups is 1. The fraction of sp³-hybridized carbons (Fsp3) is 0.125. The summed E-state index contributed by atoms with van der Waals surface area (Å²) in [5.74, 6) is -0.0800. The Morgan fingerprint density at radius 2 is 1.96 bits per heavy atom. The van der Waals surface area contributed by atoms with Gasteiger partial charge in [0.15, 0.2) is 0 Å². The quantitative estimate of drug-likeness (QED) is 0.578. The van der Waals surface area contributed by atoms with Gasteiger partial charge < -0.3 is 5.32 Å². The molecule has 2 aromatic heterocycles. The van der Waals surface area contributed by atoms with E-state index in [2.05, 4.69) is 10.3 Å². The number of hydrogen-bond donors (Lipinski definition) is 1. The van der Waals surface area contributed by atoms with Crippen LogP contribution in [0.5, 0.6) is 0 Å². The second-order valence-electron chi connectivity index (χ2n) is 5.19. The van der Waals surface area contributed by atoms with Crippen molar-refractivity contribution in [3.05, 3.63) is 79.7 Å². The fourth-order valence-corrected chi connectivity index (χ4v) is 2.75. The zero-order chi connectivity index (χ0) is 17.3. The summed E-state index contributed by atoms with van der Waals surface area (Å²) in [6.07, 6.45) is 1.44. The van der Waals surface area contributed by atoms with Gasteiger partial charge in [0.1, 0.15) is 5.65 Å². The molecule has 1 atom stereocenters. The highest BCUT2D eigenvalue weighted by Gasteiger charge is 2.25. The van der Waals surface area contributed by atoms with Crippen molar-refractivity contribution in [3.8, 4) is 0 Å². The molecule has 0 amide bonds. The van der Waals surface area contributed by atoms with Gasteiger partial charge in [0, 0.05) is 11.2 Å². The summed E-state index contributed by atoms with van der Waals surface area (Å²) in [4.78, 5) is 27.2. The zero-order valence-electron chi connectivity index (χ0n) is 12.6. The number of fused-ring (bicyclic) bond motifs is 1. The molecule has 0 aliphatic carbocycles. The lowest BCUT2D eigenvalue weighted by molar-refractivity contribution is -0.385. The number of anilines is 1. The van der Waals surface area contributed by atoms with E-state index in [-0.39, 0.29) is 11.9 Å². The summed E-state index contributed by atoms with van der Waals surface area (Å²) in [5.41, 5.74) is -0.262. The molecule has 7 nitrogen and oxygen atoms in total. The minimum atomic E-state index is -0.737. The summed E-state index contributed by atoms with van der Waals surface area (Å²) >= 11 is 6.15. The van der Waals surface area contributed by atoms with Gasteiger partial charge in [-0.3, -0.25) is 19.3 Å². The Morgan fingerprint density at radius 3 is 2.67 bits per heavy atom. The molecule has 0 aliphatic rings. The predicted octanol–water partition coefficient (Wildman–Crippen LogP) is 3.43. The maximum absolute atomic E-state index is 12.4. The summed E-state index contributed by atoms with van der Waals surface area (Å²) < 4.78 is 1.14. The Balaban J connectivity index is 2.12. The Kier molecular flexibility index (Phi) is 4.18. The van der Waals surface area contributed by atoms with E-state index in [4.69, 9.17) is 11.6 Å². The third kappa shape index (κ3) is 2.81. The number of aromatic nitrogens is 2. The molecule has 0 fully saturated rings. The Hall–Kier alpha value is -2.93. The number of hydrogen-bond acceptors (Lipinski definition) is 5. The van der Waals surface area contributed by atoms with Crippen LogP contribution in [0.2, 0.25) is 5.02 Å². The maximum Gasteiger partial charge on any atom is 0.376 e. The third-order valence-electron chi connectivity index (χ3n) is 3.62. The summed E-state index contributed by atoms with van der Waals surface area (Å²) in [6, 6.07) is 11.7. The first-order chi connectivity index (χ1) is 11.5. The number of rotatable bonds is 4. The number of halogens is 1. The van der Waals surface area contributed by atoms with Crippen LogP contribution in [-0.4, -0.2) is 14.3 Å². The van der Waals surface area contributed by atoms with Crippen LogP contribution >= 0.6 is 11.6 Å². The van der Waals surface area contributed by atoms with Crippen molar-refractivity contribution in [2.45, 2.75) is 13.0 Å².